The summed E-state index contributed by atoms with van der Waals surface area (Å²) in [5.41, 5.74) is 3.18. The third-order valence-electron chi connectivity index (χ3n) is 10.1. The molecule has 0 radical (unpaired) electrons. The van der Waals surface area contributed by atoms with Gasteiger partial charge < -0.3 is 19.6 Å². The number of nitrogens with zero attached hydrogens (tertiary/aromatic N) is 1. The second-order valence-electron chi connectivity index (χ2n) is 13.2. The Labute approximate surface area is 269 Å². The SMILES string of the molecule is COc1cc([C@H]2c3sc(=O)[nH]c3SC3C4CC(C5C(=O)N(C(CC(C)C)C(=O)O)C(=O)C45)C32)ccc1OCc1ccc(C)cc1. The summed E-state index contributed by atoms with van der Waals surface area (Å²) in [5, 5.41) is 10.8. The molecule has 2 aliphatic carbocycles. The van der Waals surface area contributed by atoms with Crippen molar-refractivity contribution < 1.29 is 29.0 Å². The summed E-state index contributed by atoms with van der Waals surface area (Å²) in [6.07, 6.45) is 0.956. The minimum absolute atomic E-state index is 0.00527. The highest BCUT2D eigenvalue weighted by molar-refractivity contribution is 8.00. The van der Waals surface area contributed by atoms with Crippen molar-refractivity contribution in [3.8, 4) is 11.5 Å². The van der Waals surface area contributed by atoms with Crippen molar-refractivity contribution in [3.63, 3.8) is 0 Å². The van der Waals surface area contributed by atoms with E-state index in [1.54, 1.807) is 18.9 Å². The van der Waals surface area contributed by atoms with E-state index < -0.39 is 23.8 Å². The predicted molar refractivity (Wildman–Crippen MR) is 170 cm³/mol. The van der Waals surface area contributed by atoms with Gasteiger partial charge in [0, 0.05) is 16.0 Å². The average Bonchev–Trinajstić information content (AvgIpc) is 3.74. The molecule has 2 aliphatic heterocycles. The van der Waals surface area contributed by atoms with Crippen molar-refractivity contribution in [1.29, 1.82) is 0 Å². The van der Waals surface area contributed by atoms with Gasteiger partial charge in [0.15, 0.2) is 11.5 Å². The summed E-state index contributed by atoms with van der Waals surface area (Å²) in [4.78, 5) is 57.6. The van der Waals surface area contributed by atoms with E-state index >= 15 is 0 Å². The Hall–Kier alpha value is -3.57. The molecule has 4 aliphatic rings. The minimum atomic E-state index is -1.16. The molecule has 2 N–H and O–H groups in total. The first-order valence-corrected chi connectivity index (χ1v) is 17.1. The van der Waals surface area contributed by atoms with Gasteiger partial charge in [0.2, 0.25) is 11.8 Å². The van der Waals surface area contributed by atoms with E-state index in [9.17, 15) is 24.3 Å². The molecule has 7 rings (SSSR count). The number of likely N-dealkylation sites (tertiary alicyclic amines) is 1. The molecule has 2 bridgehead atoms. The summed E-state index contributed by atoms with van der Waals surface area (Å²) < 4.78 is 11.9. The number of nitrogens with one attached hydrogen (secondary N) is 1. The van der Waals surface area contributed by atoms with Gasteiger partial charge in [-0.15, -0.1) is 11.8 Å². The van der Waals surface area contributed by atoms with Crippen LogP contribution in [0.2, 0.25) is 0 Å². The van der Waals surface area contributed by atoms with Crippen molar-refractivity contribution in [1.82, 2.24) is 9.88 Å². The fourth-order valence-corrected chi connectivity index (χ4v) is 11.2. The van der Waals surface area contributed by atoms with E-state index in [-0.39, 0.29) is 57.9 Å². The number of amides is 2. The summed E-state index contributed by atoms with van der Waals surface area (Å²) in [6.45, 7) is 6.22. The highest BCUT2D eigenvalue weighted by atomic mass is 32.2. The van der Waals surface area contributed by atoms with Gasteiger partial charge in [0.25, 0.3) is 0 Å². The number of H-pyrrole nitrogens is 1. The number of carbonyl (C=O) groups is 3. The number of rotatable bonds is 9. The van der Waals surface area contributed by atoms with Crippen LogP contribution in [0.5, 0.6) is 11.5 Å². The van der Waals surface area contributed by atoms with Crippen LogP contribution in [0.15, 0.2) is 52.3 Å². The molecule has 3 aromatic rings. The lowest BCUT2D eigenvalue weighted by Crippen LogP contribution is -2.47. The molecule has 236 valence electrons. The zero-order valence-corrected chi connectivity index (χ0v) is 27.2. The normalized spacial score (nSPS) is 28.6. The number of hydrogen-bond donors (Lipinski definition) is 2. The number of aryl methyl sites for hydroxylation is 1. The average molecular weight is 649 g/mol. The van der Waals surface area contributed by atoms with Gasteiger partial charge in [-0.05, 0) is 66.7 Å². The summed E-state index contributed by atoms with van der Waals surface area (Å²) >= 11 is 2.80. The van der Waals surface area contributed by atoms with Crippen LogP contribution in [0.1, 0.15) is 54.2 Å². The number of thioether (sulfide) groups is 1. The Morgan fingerprint density at radius 1 is 1.04 bits per heavy atom. The van der Waals surface area contributed by atoms with Crippen LogP contribution < -0.4 is 14.3 Å². The Morgan fingerprint density at radius 2 is 1.76 bits per heavy atom. The van der Waals surface area contributed by atoms with Crippen molar-refractivity contribution in [3.05, 3.63) is 73.7 Å². The number of aromatic nitrogens is 1. The fourth-order valence-electron chi connectivity index (χ4n) is 8.33. The number of benzene rings is 2. The van der Waals surface area contributed by atoms with Crippen molar-refractivity contribution in [2.24, 2.45) is 35.5 Å². The zero-order chi connectivity index (χ0) is 31.7. The number of carboxylic acid groups (broad SMARTS) is 1. The van der Waals surface area contributed by atoms with Crippen molar-refractivity contribution in [2.75, 3.05) is 7.11 Å². The van der Waals surface area contributed by atoms with Gasteiger partial charge in [-0.3, -0.25) is 19.3 Å². The molecule has 45 heavy (non-hydrogen) atoms. The van der Waals surface area contributed by atoms with Crippen LogP contribution in [0.4, 0.5) is 0 Å². The first-order chi connectivity index (χ1) is 21.6. The number of fused-ring (bicyclic) bond motifs is 9. The monoisotopic (exact) mass is 648 g/mol. The van der Waals surface area contributed by atoms with Crippen LogP contribution in [0, 0.1) is 42.4 Å². The summed E-state index contributed by atoms with van der Waals surface area (Å²) in [7, 11) is 1.60. The lowest BCUT2D eigenvalue weighted by Gasteiger charge is -2.43. The second kappa shape index (κ2) is 11.3. The van der Waals surface area contributed by atoms with E-state index in [0.29, 0.717) is 18.1 Å². The molecule has 2 amide bonds. The van der Waals surface area contributed by atoms with Crippen LogP contribution in [-0.2, 0) is 21.0 Å². The van der Waals surface area contributed by atoms with Crippen molar-refractivity contribution >= 4 is 40.9 Å². The number of imide groups is 1. The van der Waals surface area contributed by atoms with E-state index in [1.807, 2.05) is 63.2 Å². The Balaban J connectivity index is 1.23. The van der Waals surface area contributed by atoms with Gasteiger partial charge in [-0.2, -0.15) is 0 Å². The van der Waals surface area contributed by atoms with E-state index in [0.717, 1.165) is 32.4 Å². The maximum absolute atomic E-state index is 14.0. The molecule has 7 unspecified atom stereocenters. The number of aliphatic carboxylic acids is 1. The topological polar surface area (TPSA) is 126 Å². The fraction of sp³-hybridized carbons (Fsp3) is 0.471. The number of carboxylic acids is 1. The molecular formula is C34H36N2O7S2. The third-order valence-corrected chi connectivity index (χ3v) is 12.7. The number of hydrogen-bond acceptors (Lipinski definition) is 8. The minimum Gasteiger partial charge on any atom is -0.493 e. The summed E-state index contributed by atoms with van der Waals surface area (Å²) in [6, 6.07) is 12.9. The quantitative estimate of drug-likeness (QED) is 0.299. The highest BCUT2D eigenvalue weighted by Crippen LogP contribution is 2.68. The lowest BCUT2D eigenvalue weighted by molar-refractivity contribution is -0.156. The van der Waals surface area contributed by atoms with E-state index in [4.69, 9.17) is 9.47 Å². The lowest BCUT2D eigenvalue weighted by atomic mass is 9.68. The molecule has 1 aromatic heterocycles. The maximum atomic E-state index is 14.0. The van der Waals surface area contributed by atoms with Crippen LogP contribution in [0.25, 0.3) is 0 Å². The molecule has 11 heteroatoms. The van der Waals surface area contributed by atoms with Gasteiger partial charge in [-0.25, -0.2) is 4.79 Å². The Bertz CT molecular complexity index is 1730. The number of thiazole rings is 1. The molecule has 0 spiro atoms. The molecule has 1 saturated heterocycles. The van der Waals surface area contributed by atoms with Gasteiger partial charge in [0.05, 0.1) is 24.0 Å². The maximum Gasteiger partial charge on any atom is 0.326 e. The Morgan fingerprint density at radius 3 is 2.42 bits per heavy atom. The standard InChI is InChI=1S/C34H36N2O7S2/c1-15(2)11-21(33(39)40)36-31(37)26-19-13-20(27(26)32(36)38)28-25(19)24(29-30(44-28)35-34(41)45-29)18-9-10-22(23(12-18)42-4)43-14-17-7-5-16(3)6-8-17/h5-10,12,15,19-21,24-28H,11,13-14H2,1-4H3,(H,35,41)(H,39,40)/t19?,20?,21?,24-,25?,26?,27?,28?/m1/s1. The van der Waals surface area contributed by atoms with Crippen LogP contribution in [-0.4, -0.2) is 51.2 Å². The van der Waals surface area contributed by atoms with Crippen LogP contribution >= 0.6 is 23.1 Å². The molecule has 8 atom stereocenters. The Kier molecular flexibility index (Phi) is 7.59. The molecule has 2 aromatic carbocycles. The second-order valence-corrected chi connectivity index (χ2v) is 15.4. The molecule has 3 fully saturated rings. The number of aromatic amines is 1. The van der Waals surface area contributed by atoms with Gasteiger partial charge >= 0.3 is 10.8 Å². The number of carbonyl (C=O) groups excluding carboxylic acids is 2. The molecule has 3 heterocycles. The molecule has 9 nitrogen and oxygen atoms in total. The highest BCUT2D eigenvalue weighted by Gasteiger charge is 2.70. The smallest absolute Gasteiger partial charge is 0.326 e. The number of methoxy groups -OCH3 is 1. The van der Waals surface area contributed by atoms with Crippen molar-refractivity contribution in [2.45, 2.75) is 62.5 Å². The van der Waals surface area contributed by atoms with E-state index in [1.165, 1.54) is 16.9 Å². The third kappa shape index (κ3) is 4.90. The summed E-state index contributed by atoms with van der Waals surface area (Å²) in [5.74, 6) is -2.08. The largest absolute Gasteiger partial charge is 0.493 e. The van der Waals surface area contributed by atoms with Crippen LogP contribution in [0.3, 0.4) is 0 Å². The predicted octanol–water partition coefficient (Wildman–Crippen LogP) is 5.31. The zero-order valence-electron chi connectivity index (χ0n) is 25.5. The first-order valence-electron chi connectivity index (χ1n) is 15.4. The molecule has 2 saturated carbocycles. The first kappa shape index (κ1) is 30.1. The van der Waals surface area contributed by atoms with E-state index in [2.05, 4.69) is 4.98 Å². The number of ether oxygens (including phenoxy) is 2. The molecular weight excluding hydrogens is 613 g/mol. The van der Waals surface area contributed by atoms with Gasteiger partial charge in [-0.1, -0.05) is 61.1 Å². The van der Waals surface area contributed by atoms with Gasteiger partial charge in [0.1, 0.15) is 12.6 Å².